The standard InChI is InChI=1S/C7H5ClNO2/c8-6-1-5(2-7(10)11)3-9-4-6/h1,3-4H,2H2. The monoisotopic (exact) mass is 170 g/mol. The van der Waals surface area contributed by atoms with Crippen LogP contribution in [0.25, 0.3) is 0 Å². The molecule has 0 spiro atoms. The van der Waals surface area contributed by atoms with Crippen LogP contribution >= 0.6 is 11.6 Å². The van der Waals surface area contributed by atoms with Gasteiger partial charge in [-0.15, -0.1) is 0 Å². The highest BCUT2D eigenvalue weighted by Gasteiger charge is 2.02. The lowest BCUT2D eigenvalue weighted by molar-refractivity contribution is -0.142. The molecule has 0 atom stereocenters. The second-order valence-electron chi connectivity index (χ2n) is 2.06. The summed E-state index contributed by atoms with van der Waals surface area (Å²) in [7, 11) is 0. The van der Waals surface area contributed by atoms with E-state index in [9.17, 15) is 9.90 Å². The zero-order valence-electron chi connectivity index (χ0n) is 5.58. The molecule has 0 N–H and O–H groups in total. The Bertz CT molecular complexity index is 275. The number of carbonyl (C=O) groups is 1. The fourth-order valence-corrected chi connectivity index (χ4v) is 0.916. The highest BCUT2D eigenvalue weighted by molar-refractivity contribution is 6.30. The lowest BCUT2D eigenvalue weighted by Crippen LogP contribution is -1.98. The van der Waals surface area contributed by atoms with Gasteiger partial charge in [0.05, 0.1) is 11.4 Å². The molecule has 1 radical (unpaired) electrons. The number of hydrogen-bond acceptors (Lipinski definition) is 2. The van der Waals surface area contributed by atoms with E-state index in [1.165, 1.54) is 12.4 Å². The highest BCUT2D eigenvalue weighted by atomic mass is 35.5. The molecule has 0 amide bonds. The van der Waals surface area contributed by atoms with Crippen molar-refractivity contribution in [3.8, 4) is 0 Å². The Kier molecular flexibility index (Phi) is 2.44. The van der Waals surface area contributed by atoms with Crippen LogP contribution in [0, 0.1) is 0 Å². The summed E-state index contributed by atoms with van der Waals surface area (Å²) in [5.74, 6) is -1.13. The van der Waals surface area contributed by atoms with Gasteiger partial charge in [-0.1, -0.05) is 11.6 Å². The molecule has 0 unspecified atom stereocenters. The van der Waals surface area contributed by atoms with Gasteiger partial charge in [0.25, 0.3) is 0 Å². The number of pyridine rings is 1. The molecule has 0 aliphatic rings. The van der Waals surface area contributed by atoms with Crippen molar-refractivity contribution in [2.45, 2.75) is 6.42 Å². The maximum atomic E-state index is 10.1. The van der Waals surface area contributed by atoms with Crippen LogP contribution in [0.15, 0.2) is 18.5 Å². The van der Waals surface area contributed by atoms with Crippen molar-refractivity contribution in [3.05, 3.63) is 29.0 Å². The minimum atomic E-state index is -1.13. The summed E-state index contributed by atoms with van der Waals surface area (Å²) in [5.41, 5.74) is 0.553. The van der Waals surface area contributed by atoms with Crippen molar-refractivity contribution >= 4 is 17.6 Å². The van der Waals surface area contributed by atoms with Gasteiger partial charge >= 0.3 is 5.97 Å². The lowest BCUT2D eigenvalue weighted by Gasteiger charge is -1.93. The Balaban J connectivity index is 2.79. The normalized spacial score (nSPS) is 9.55. The third kappa shape index (κ3) is 2.55. The van der Waals surface area contributed by atoms with Gasteiger partial charge in [0.2, 0.25) is 0 Å². The molecule has 0 aliphatic heterocycles. The topological polar surface area (TPSA) is 49.9 Å². The summed E-state index contributed by atoms with van der Waals surface area (Å²) >= 11 is 5.55. The fourth-order valence-electron chi connectivity index (χ4n) is 0.719. The SMILES string of the molecule is [O]C(=O)Cc1cncc(Cl)c1. The molecule has 0 saturated heterocycles. The van der Waals surface area contributed by atoms with Gasteiger partial charge in [0.15, 0.2) is 0 Å². The third-order valence-corrected chi connectivity index (χ3v) is 1.32. The number of rotatable bonds is 2. The lowest BCUT2D eigenvalue weighted by atomic mass is 10.2. The van der Waals surface area contributed by atoms with E-state index in [1.807, 2.05) is 0 Å². The van der Waals surface area contributed by atoms with Gasteiger partial charge in [0, 0.05) is 12.4 Å². The van der Waals surface area contributed by atoms with E-state index < -0.39 is 5.97 Å². The van der Waals surface area contributed by atoms with Gasteiger partial charge in [-0.05, 0) is 11.6 Å². The molecule has 1 aromatic rings. The summed E-state index contributed by atoms with van der Waals surface area (Å²) in [5, 5.41) is 10.5. The molecule has 0 bridgehead atoms. The Morgan fingerprint density at radius 2 is 2.27 bits per heavy atom. The zero-order valence-corrected chi connectivity index (χ0v) is 6.34. The van der Waals surface area contributed by atoms with Crippen LogP contribution in [0.1, 0.15) is 5.56 Å². The van der Waals surface area contributed by atoms with E-state index >= 15 is 0 Å². The summed E-state index contributed by atoms with van der Waals surface area (Å²) in [6, 6.07) is 1.55. The first-order valence-electron chi connectivity index (χ1n) is 2.98. The largest absolute Gasteiger partial charge is 0.359 e. The van der Waals surface area contributed by atoms with Gasteiger partial charge in [-0.25, -0.2) is 9.90 Å². The highest BCUT2D eigenvalue weighted by Crippen LogP contribution is 2.08. The summed E-state index contributed by atoms with van der Waals surface area (Å²) in [4.78, 5) is 13.8. The molecular weight excluding hydrogens is 166 g/mol. The van der Waals surface area contributed by atoms with E-state index in [4.69, 9.17) is 11.6 Å². The number of carbonyl (C=O) groups excluding carboxylic acids is 1. The Labute approximate surface area is 68.6 Å². The summed E-state index contributed by atoms with van der Waals surface area (Å²) in [6.45, 7) is 0. The van der Waals surface area contributed by atoms with Crippen molar-refractivity contribution in [1.82, 2.24) is 4.98 Å². The van der Waals surface area contributed by atoms with Crippen LogP contribution in [0.5, 0.6) is 0 Å². The van der Waals surface area contributed by atoms with Crippen LogP contribution in [0.2, 0.25) is 5.02 Å². The predicted octanol–water partition coefficient (Wildman–Crippen LogP) is 1.23. The first kappa shape index (κ1) is 8.01. The molecule has 57 valence electrons. The molecule has 0 aliphatic carbocycles. The number of halogens is 1. The first-order chi connectivity index (χ1) is 5.18. The van der Waals surface area contributed by atoms with E-state index in [1.54, 1.807) is 6.07 Å². The molecule has 0 saturated carbocycles. The van der Waals surface area contributed by atoms with Crippen LogP contribution in [-0.2, 0) is 16.3 Å². The van der Waals surface area contributed by atoms with Gasteiger partial charge in [0.1, 0.15) is 0 Å². The average molecular weight is 171 g/mol. The van der Waals surface area contributed by atoms with Crippen LogP contribution in [0.3, 0.4) is 0 Å². The maximum absolute atomic E-state index is 10.1. The molecule has 1 rings (SSSR count). The molecule has 0 aromatic carbocycles. The quantitative estimate of drug-likeness (QED) is 0.671. The minimum Gasteiger partial charge on any atom is -0.263 e. The van der Waals surface area contributed by atoms with E-state index in [0.717, 1.165) is 0 Å². The molecule has 1 heterocycles. The number of nitrogens with zero attached hydrogens (tertiary/aromatic N) is 1. The van der Waals surface area contributed by atoms with Gasteiger partial charge in [-0.2, -0.15) is 0 Å². The van der Waals surface area contributed by atoms with Crippen molar-refractivity contribution in [2.24, 2.45) is 0 Å². The molecule has 4 heteroatoms. The van der Waals surface area contributed by atoms with Crippen LogP contribution in [0.4, 0.5) is 0 Å². The van der Waals surface area contributed by atoms with Crippen molar-refractivity contribution in [3.63, 3.8) is 0 Å². The Morgan fingerprint density at radius 1 is 1.55 bits per heavy atom. The Hall–Kier alpha value is -1.09. The van der Waals surface area contributed by atoms with Gasteiger partial charge < -0.3 is 0 Å². The van der Waals surface area contributed by atoms with E-state index in [0.29, 0.717) is 10.6 Å². The van der Waals surface area contributed by atoms with Crippen LogP contribution < -0.4 is 0 Å². The summed E-state index contributed by atoms with van der Waals surface area (Å²) in [6.07, 6.45) is 2.75. The van der Waals surface area contributed by atoms with Crippen molar-refractivity contribution in [1.29, 1.82) is 0 Å². The van der Waals surface area contributed by atoms with E-state index in [2.05, 4.69) is 4.98 Å². The number of aromatic nitrogens is 1. The molecule has 3 nitrogen and oxygen atoms in total. The maximum Gasteiger partial charge on any atom is 0.359 e. The van der Waals surface area contributed by atoms with Crippen molar-refractivity contribution < 1.29 is 9.90 Å². The van der Waals surface area contributed by atoms with Gasteiger partial charge in [-0.3, -0.25) is 4.98 Å². The molecule has 1 aromatic heterocycles. The van der Waals surface area contributed by atoms with E-state index in [-0.39, 0.29) is 6.42 Å². The number of hydrogen-bond donors (Lipinski definition) is 0. The van der Waals surface area contributed by atoms with Crippen molar-refractivity contribution in [2.75, 3.05) is 0 Å². The molecular formula is C7H5ClNO2. The second-order valence-corrected chi connectivity index (χ2v) is 2.50. The average Bonchev–Trinajstić information content (AvgIpc) is 1.85. The fraction of sp³-hybridized carbons (Fsp3) is 0.143. The first-order valence-corrected chi connectivity index (χ1v) is 3.35. The molecule has 0 fully saturated rings. The third-order valence-electron chi connectivity index (χ3n) is 1.11. The Morgan fingerprint density at radius 3 is 2.82 bits per heavy atom. The predicted molar refractivity (Wildman–Crippen MR) is 38.6 cm³/mol. The smallest absolute Gasteiger partial charge is 0.263 e. The zero-order chi connectivity index (χ0) is 8.27. The summed E-state index contributed by atoms with van der Waals surface area (Å²) < 4.78 is 0. The van der Waals surface area contributed by atoms with Crippen LogP contribution in [-0.4, -0.2) is 11.0 Å². The second kappa shape index (κ2) is 3.34. The molecule has 11 heavy (non-hydrogen) atoms. The minimum absolute atomic E-state index is 0.145.